The summed E-state index contributed by atoms with van der Waals surface area (Å²) in [5.74, 6) is -0.297. The molecule has 1 aromatic heterocycles. The minimum atomic E-state index is -0.297. The van der Waals surface area contributed by atoms with Crippen molar-refractivity contribution in [2.24, 2.45) is 7.05 Å². The Bertz CT molecular complexity index is 466. The Balaban J connectivity index is 1.89. The molecule has 6 nitrogen and oxygen atoms in total. The number of aryl methyl sites for hydroxylation is 1. The van der Waals surface area contributed by atoms with Crippen molar-refractivity contribution in [1.29, 1.82) is 0 Å². The number of esters is 1. The molecule has 0 aromatic carbocycles. The molecule has 0 saturated carbocycles. The van der Waals surface area contributed by atoms with E-state index in [9.17, 15) is 4.79 Å². The van der Waals surface area contributed by atoms with Crippen LogP contribution in [0, 0.1) is 0 Å². The van der Waals surface area contributed by atoms with Crippen LogP contribution in [0.15, 0.2) is 6.20 Å². The predicted molar refractivity (Wildman–Crippen MR) is 81.1 cm³/mol. The third kappa shape index (κ3) is 4.28. The number of rotatable bonds is 7. The van der Waals surface area contributed by atoms with Crippen molar-refractivity contribution in [2.45, 2.75) is 39.3 Å². The van der Waals surface area contributed by atoms with Crippen molar-refractivity contribution < 1.29 is 9.53 Å². The number of carbonyl (C=O) groups is 1. The van der Waals surface area contributed by atoms with Crippen LogP contribution in [0.5, 0.6) is 0 Å². The minimum absolute atomic E-state index is 0.297. The highest BCUT2D eigenvalue weighted by molar-refractivity contribution is 5.90. The van der Waals surface area contributed by atoms with E-state index in [-0.39, 0.29) is 5.97 Å². The molecule has 6 heteroatoms. The van der Waals surface area contributed by atoms with E-state index in [1.54, 1.807) is 10.9 Å². The van der Waals surface area contributed by atoms with Gasteiger partial charge in [0.15, 0.2) is 0 Å². The van der Waals surface area contributed by atoms with Gasteiger partial charge in [0.1, 0.15) is 5.56 Å². The number of likely N-dealkylation sites (tertiary alicyclic amines) is 1. The molecular formula is C15H26N4O2. The fraction of sp³-hybridized carbons (Fsp3) is 0.733. The summed E-state index contributed by atoms with van der Waals surface area (Å²) in [6.07, 6.45) is 4.20. The number of nitrogens with zero attached hydrogens (tertiary/aromatic N) is 3. The Labute approximate surface area is 126 Å². The number of carbonyl (C=O) groups excluding carboxylic acids is 1. The third-order valence-corrected chi connectivity index (χ3v) is 3.91. The number of hydrogen-bond donors (Lipinski definition) is 1. The van der Waals surface area contributed by atoms with Gasteiger partial charge in [-0.1, -0.05) is 0 Å². The van der Waals surface area contributed by atoms with Gasteiger partial charge in [-0.25, -0.2) is 4.79 Å². The highest BCUT2D eigenvalue weighted by atomic mass is 16.5. The summed E-state index contributed by atoms with van der Waals surface area (Å²) in [7, 11) is 1.85. The molecule has 1 atom stereocenters. The van der Waals surface area contributed by atoms with Gasteiger partial charge in [0, 0.05) is 26.2 Å². The van der Waals surface area contributed by atoms with E-state index in [0.29, 0.717) is 24.8 Å². The van der Waals surface area contributed by atoms with Crippen LogP contribution in [-0.2, 0) is 18.3 Å². The lowest BCUT2D eigenvalue weighted by Gasteiger charge is -2.21. The number of nitrogens with one attached hydrogen (secondary N) is 1. The van der Waals surface area contributed by atoms with Gasteiger partial charge in [-0.3, -0.25) is 4.68 Å². The third-order valence-electron chi connectivity index (χ3n) is 3.91. The molecule has 0 amide bonds. The second kappa shape index (κ2) is 7.56. The molecule has 1 aliphatic heterocycles. The maximum Gasteiger partial charge on any atom is 0.341 e. The van der Waals surface area contributed by atoms with Gasteiger partial charge in [-0.2, -0.15) is 5.10 Å². The van der Waals surface area contributed by atoms with E-state index in [0.717, 1.165) is 12.2 Å². The van der Waals surface area contributed by atoms with Crippen molar-refractivity contribution >= 4 is 5.97 Å². The summed E-state index contributed by atoms with van der Waals surface area (Å²) < 4.78 is 6.81. The van der Waals surface area contributed by atoms with Crippen LogP contribution in [0.3, 0.4) is 0 Å². The first-order valence-electron chi connectivity index (χ1n) is 7.75. The summed E-state index contributed by atoms with van der Waals surface area (Å²) in [5.41, 5.74) is 1.43. The SMILES string of the molecule is CCOC(=O)c1cnn(C)c1CNC(C)CN1CCCC1. The molecule has 1 N–H and O–H groups in total. The van der Waals surface area contributed by atoms with Gasteiger partial charge in [0.05, 0.1) is 18.5 Å². The fourth-order valence-electron chi connectivity index (χ4n) is 2.74. The lowest BCUT2D eigenvalue weighted by atomic mass is 10.2. The van der Waals surface area contributed by atoms with Crippen molar-refractivity contribution in [2.75, 3.05) is 26.2 Å². The smallest absolute Gasteiger partial charge is 0.341 e. The van der Waals surface area contributed by atoms with Crippen molar-refractivity contribution in [3.63, 3.8) is 0 Å². The first-order valence-corrected chi connectivity index (χ1v) is 7.75. The van der Waals surface area contributed by atoms with Gasteiger partial charge in [-0.15, -0.1) is 0 Å². The standard InChI is InChI=1S/C15H26N4O2/c1-4-21-15(20)13-9-17-18(3)14(13)10-16-12(2)11-19-7-5-6-8-19/h9,12,16H,4-8,10-11H2,1-3H3. The van der Waals surface area contributed by atoms with Gasteiger partial charge < -0.3 is 15.0 Å². The van der Waals surface area contributed by atoms with E-state index in [1.807, 2.05) is 14.0 Å². The number of ether oxygens (including phenoxy) is 1. The van der Waals surface area contributed by atoms with Crippen LogP contribution in [0.2, 0.25) is 0 Å². The van der Waals surface area contributed by atoms with E-state index >= 15 is 0 Å². The summed E-state index contributed by atoms with van der Waals surface area (Å²) in [6.45, 7) is 8.44. The summed E-state index contributed by atoms with van der Waals surface area (Å²) >= 11 is 0. The van der Waals surface area contributed by atoms with Gasteiger partial charge in [-0.05, 0) is 39.8 Å². The van der Waals surface area contributed by atoms with Crippen LogP contribution in [0.25, 0.3) is 0 Å². The molecule has 0 bridgehead atoms. The first-order chi connectivity index (χ1) is 10.1. The quantitative estimate of drug-likeness (QED) is 0.765. The Kier molecular flexibility index (Phi) is 5.76. The molecule has 0 radical (unpaired) electrons. The second-order valence-electron chi connectivity index (χ2n) is 5.64. The Morgan fingerprint density at radius 1 is 1.48 bits per heavy atom. The van der Waals surface area contributed by atoms with E-state index in [1.165, 1.54) is 25.9 Å². The zero-order chi connectivity index (χ0) is 15.2. The Morgan fingerprint density at radius 2 is 2.19 bits per heavy atom. The van der Waals surface area contributed by atoms with Crippen molar-refractivity contribution in [3.05, 3.63) is 17.5 Å². The Hall–Kier alpha value is -1.40. The minimum Gasteiger partial charge on any atom is -0.462 e. The molecule has 118 valence electrons. The molecule has 1 aromatic rings. The highest BCUT2D eigenvalue weighted by Crippen LogP contribution is 2.11. The largest absolute Gasteiger partial charge is 0.462 e. The predicted octanol–water partition coefficient (Wildman–Crippen LogP) is 1.17. The maximum absolute atomic E-state index is 11.9. The molecule has 1 saturated heterocycles. The van der Waals surface area contributed by atoms with Crippen LogP contribution in [0.1, 0.15) is 42.7 Å². The summed E-state index contributed by atoms with van der Waals surface area (Å²) in [4.78, 5) is 14.4. The first kappa shape index (κ1) is 16.0. The second-order valence-corrected chi connectivity index (χ2v) is 5.64. The molecule has 0 spiro atoms. The monoisotopic (exact) mass is 294 g/mol. The zero-order valence-corrected chi connectivity index (χ0v) is 13.3. The number of hydrogen-bond acceptors (Lipinski definition) is 5. The molecule has 2 heterocycles. The topological polar surface area (TPSA) is 59.4 Å². The van der Waals surface area contributed by atoms with Crippen LogP contribution < -0.4 is 5.32 Å². The zero-order valence-electron chi connectivity index (χ0n) is 13.3. The molecule has 1 unspecified atom stereocenters. The Morgan fingerprint density at radius 3 is 2.86 bits per heavy atom. The van der Waals surface area contributed by atoms with Crippen molar-refractivity contribution in [3.8, 4) is 0 Å². The van der Waals surface area contributed by atoms with E-state index < -0.39 is 0 Å². The average molecular weight is 294 g/mol. The fourth-order valence-corrected chi connectivity index (χ4v) is 2.74. The van der Waals surface area contributed by atoms with Gasteiger partial charge in [0.25, 0.3) is 0 Å². The van der Waals surface area contributed by atoms with Crippen molar-refractivity contribution in [1.82, 2.24) is 20.0 Å². The summed E-state index contributed by atoms with van der Waals surface area (Å²) in [5, 5.41) is 7.65. The molecule has 1 fully saturated rings. The van der Waals surface area contributed by atoms with Crippen LogP contribution in [-0.4, -0.2) is 52.9 Å². The lowest BCUT2D eigenvalue weighted by molar-refractivity contribution is 0.0524. The number of aromatic nitrogens is 2. The van der Waals surface area contributed by atoms with E-state index in [2.05, 4.69) is 22.2 Å². The highest BCUT2D eigenvalue weighted by Gasteiger charge is 2.19. The molecule has 2 rings (SSSR count). The van der Waals surface area contributed by atoms with Gasteiger partial charge in [0.2, 0.25) is 0 Å². The molecule has 0 aliphatic carbocycles. The molecule has 21 heavy (non-hydrogen) atoms. The molecular weight excluding hydrogens is 268 g/mol. The van der Waals surface area contributed by atoms with Crippen LogP contribution in [0.4, 0.5) is 0 Å². The normalized spacial score (nSPS) is 17.1. The maximum atomic E-state index is 11.9. The average Bonchev–Trinajstić information content (AvgIpc) is 3.06. The van der Waals surface area contributed by atoms with Gasteiger partial charge >= 0.3 is 5.97 Å². The van der Waals surface area contributed by atoms with E-state index in [4.69, 9.17) is 4.74 Å². The lowest BCUT2D eigenvalue weighted by Crippen LogP contribution is -2.38. The molecule has 1 aliphatic rings. The summed E-state index contributed by atoms with van der Waals surface area (Å²) in [6, 6.07) is 0.382. The van der Waals surface area contributed by atoms with Crippen LogP contribution >= 0.6 is 0 Å².